The molecule has 0 spiro atoms. The van der Waals surface area contributed by atoms with Crippen LogP contribution in [0, 0.1) is 23.2 Å². The number of Topliss-reactive ketones (excluding diaryl/α,β-unsaturated/α-hetero) is 1. The molecule has 152 valence electrons. The minimum Gasteiger partial charge on any atom is -0.464 e. The summed E-state index contributed by atoms with van der Waals surface area (Å²) >= 11 is 1.42. The zero-order chi connectivity index (χ0) is 19.6. The number of hydrogen-bond acceptors (Lipinski definition) is 5. The van der Waals surface area contributed by atoms with Crippen LogP contribution in [0.3, 0.4) is 0 Å². The molecule has 5 rings (SSSR count). The predicted molar refractivity (Wildman–Crippen MR) is 107 cm³/mol. The van der Waals surface area contributed by atoms with Gasteiger partial charge in [-0.2, -0.15) is 0 Å². The lowest BCUT2D eigenvalue weighted by Gasteiger charge is -2.56. The molecule has 4 aliphatic rings. The van der Waals surface area contributed by atoms with E-state index in [-0.39, 0.29) is 30.3 Å². The highest BCUT2D eigenvalue weighted by Gasteiger charge is 2.51. The summed E-state index contributed by atoms with van der Waals surface area (Å²) in [4.78, 5) is 36.9. The van der Waals surface area contributed by atoms with Crippen molar-refractivity contribution in [3.05, 3.63) is 22.4 Å². The Morgan fingerprint density at radius 3 is 2.39 bits per heavy atom. The number of rotatable bonds is 9. The van der Waals surface area contributed by atoms with Crippen molar-refractivity contribution in [2.24, 2.45) is 23.2 Å². The third-order valence-corrected chi connectivity index (χ3v) is 7.65. The largest absolute Gasteiger partial charge is 0.464 e. The first kappa shape index (κ1) is 19.6. The summed E-state index contributed by atoms with van der Waals surface area (Å²) in [6.45, 7) is 0.130. The van der Waals surface area contributed by atoms with Gasteiger partial charge >= 0.3 is 5.97 Å². The Labute approximate surface area is 170 Å². The summed E-state index contributed by atoms with van der Waals surface area (Å²) in [6, 6.07) is 3.66. The molecule has 6 heteroatoms. The van der Waals surface area contributed by atoms with Gasteiger partial charge in [0.25, 0.3) is 0 Å². The van der Waals surface area contributed by atoms with Crippen LogP contribution in [0.2, 0.25) is 0 Å². The van der Waals surface area contributed by atoms with Crippen molar-refractivity contribution >= 4 is 29.0 Å². The van der Waals surface area contributed by atoms with Crippen LogP contribution < -0.4 is 5.32 Å². The van der Waals surface area contributed by atoms with E-state index in [1.807, 2.05) is 11.4 Å². The summed E-state index contributed by atoms with van der Waals surface area (Å²) in [5.74, 6) is 2.09. The van der Waals surface area contributed by atoms with Crippen molar-refractivity contribution in [3.8, 4) is 0 Å². The van der Waals surface area contributed by atoms with Gasteiger partial charge in [0.1, 0.15) is 6.54 Å². The van der Waals surface area contributed by atoms with Crippen molar-refractivity contribution in [1.82, 2.24) is 5.32 Å². The van der Waals surface area contributed by atoms with Crippen LogP contribution in [0.1, 0.15) is 67.5 Å². The number of nitrogens with one attached hydrogen (secondary N) is 1. The topological polar surface area (TPSA) is 72.5 Å². The first-order valence-electron chi connectivity index (χ1n) is 10.5. The molecule has 0 aromatic carbocycles. The third kappa shape index (κ3) is 4.65. The maximum Gasteiger partial charge on any atom is 0.325 e. The second kappa shape index (κ2) is 8.36. The number of hydrogen-bond donors (Lipinski definition) is 1. The van der Waals surface area contributed by atoms with Gasteiger partial charge in [0.15, 0.2) is 5.78 Å². The van der Waals surface area contributed by atoms with Crippen LogP contribution in [0.5, 0.6) is 0 Å². The second-order valence-electron chi connectivity index (χ2n) is 9.10. The quantitative estimate of drug-likeness (QED) is 0.385. The minimum absolute atomic E-state index is 0.0215. The van der Waals surface area contributed by atoms with Crippen LogP contribution in [0.25, 0.3) is 0 Å². The van der Waals surface area contributed by atoms with Gasteiger partial charge in [0.2, 0.25) is 5.91 Å². The van der Waals surface area contributed by atoms with Crippen LogP contribution in [0.15, 0.2) is 17.5 Å². The standard InChI is InChI=1S/C22H29NO4S/c24-18(19-4-2-6-28-19)3-1-5-27-21(26)14-23-20(25)13-22-10-15-7-16(11-22)9-17(8-15)12-22/h2,4,6,15-17H,1,3,5,7-14H2,(H,23,25). The normalized spacial score (nSPS) is 30.2. The van der Waals surface area contributed by atoms with E-state index in [9.17, 15) is 14.4 Å². The van der Waals surface area contributed by atoms with Gasteiger partial charge in [-0.25, -0.2) is 0 Å². The lowest BCUT2D eigenvalue weighted by Crippen LogP contribution is -2.48. The Bertz CT molecular complexity index is 692. The zero-order valence-electron chi connectivity index (χ0n) is 16.3. The molecule has 0 aliphatic heterocycles. The second-order valence-corrected chi connectivity index (χ2v) is 10.0. The first-order chi connectivity index (χ1) is 13.5. The maximum absolute atomic E-state index is 12.4. The van der Waals surface area contributed by atoms with E-state index in [0.29, 0.717) is 19.3 Å². The molecule has 28 heavy (non-hydrogen) atoms. The first-order valence-corrected chi connectivity index (χ1v) is 11.4. The van der Waals surface area contributed by atoms with Gasteiger partial charge < -0.3 is 10.1 Å². The van der Waals surface area contributed by atoms with Gasteiger partial charge in [-0.3, -0.25) is 14.4 Å². The van der Waals surface area contributed by atoms with Crippen molar-refractivity contribution in [2.75, 3.05) is 13.2 Å². The molecular formula is C22H29NO4S. The number of thiophene rings is 1. The smallest absolute Gasteiger partial charge is 0.325 e. The fraction of sp³-hybridized carbons (Fsp3) is 0.682. The molecule has 1 N–H and O–H groups in total. The summed E-state index contributed by atoms with van der Waals surface area (Å²) in [6.07, 6.45) is 9.08. The number of ether oxygens (including phenoxy) is 1. The van der Waals surface area contributed by atoms with E-state index < -0.39 is 5.97 Å². The number of carbonyl (C=O) groups excluding carboxylic acids is 3. The molecule has 5 nitrogen and oxygen atoms in total. The Hall–Kier alpha value is -1.69. The van der Waals surface area contributed by atoms with E-state index in [4.69, 9.17) is 4.74 Å². The molecule has 0 radical (unpaired) electrons. The molecule has 0 unspecified atom stereocenters. The maximum atomic E-state index is 12.4. The summed E-state index contributed by atoms with van der Waals surface area (Å²) in [7, 11) is 0. The molecule has 0 atom stereocenters. The third-order valence-electron chi connectivity index (χ3n) is 6.74. The molecular weight excluding hydrogens is 374 g/mol. The summed E-state index contributed by atoms with van der Waals surface area (Å²) < 4.78 is 5.15. The molecule has 4 fully saturated rings. The van der Waals surface area contributed by atoms with E-state index in [0.717, 1.165) is 22.6 Å². The van der Waals surface area contributed by atoms with Crippen molar-refractivity contribution in [3.63, 3.8) is 0 Å². The van der Waals surface area contributed by atoms with E-state index in [1.165, 1.54) is 49.9 Å². The fourth-order valence-electron chi connectivity index (χ4n) is 6.11. The van der Waals surface area contributed by atoms with Gasteiger partial charge in [0, 0.05) is 12.8 Å². The summed E-state index contributed by atoms with van der Waals surface area (Å²) in [5.41, 5.74) is 0.185. The monoisotopic (exact) mass is 403 g/mol. The lowest BCUT2D eigenvalue weighted by molar-refractivity contribution is -0.144. The molecule has 4 aliphatic carbocycles. The Kier molecular flexibility index (Phi) is 5.85. The molecule has 4 saturated carbocycles. The Morgan fingerprint density at radius 2 is 1.79 bits per heavy atom. The minimum atomic E-state index is -0.428. The number of esters is 1. The highest BCUT2D eigenvalue weighted by Crippen LogP contribution is 2.61. The average Bonchev–Trinajstić information content (AvgIpc) is 3.16. The molecule has 1 amide bonds. The number of carbonyl (C=O) groups is 3. The lowest BCUT2D eigenvalue weighted by atomic mass is 9.49. The van der Waals surface area contributed by atoms with E-state index in [2.05, 4.69) is 5.32 Å². The molecule has 1 aromatic rings. The van der Waals surface area contributed by atoms with Crippen molar-refractivity contribution in [1.29, 1.82) is 0 Å². The van der Waals surface area contributed by atoms with Crippen LogP contribution in [0.4, 0.5) is 0 Å². The van der Waals surface area contributed by atoms with E-state index in [1.54, 1.807) is 6.07 Å². The van der Waals surface area contributed by atoms with Crippen molar-refractivity contribution < 1.29 is 19.1 Å². The van der Waals surface area contributed by atoms with E-state index >= 15 is 0 Å². The Balaban J connectivity index is 1.12. The van der Waals surface area contributed by atoms with Gasteiger partial charge in [-0.1, -0.05) is 6.07 Å². The molecule has 1 heterocycles. The van der Waals surface area contributed by atoms with Crippen LogP contribution in [-0.2, 0) is 14.3 Å². The number of amides is 1. The highest BCUT2D eigenvalue weighted by molar-refractivity contribution is 7.12. The predicted octanol–water partition coefficient (Wildman–Crippen LogP) is 3.98. The molecule has 4 bridgehead atoms. The highest BCUT2D eigenvalue weighted by atomic mass is 32.1. The zero-order valence-corrected chi connectivity index (χ0v) is 17.1. The van der Waals surface area contributed by atoms with Crippen molar-refractivity contribution in [2.45, 2.75) is 57.8 Å². The molecule has 1 aromatic heterocycles. The van der Waals surface area contributed by atoms with Crippen LogP contribution >= 0.6 is 11.3 Å². The SMILES string of the molecule is O=C(CC12CC3CC(CC(C3)C1)C2)NCC(=O)OCCCC(=O)c1cccs1. The summed E-state index contributed by atoms with van der Waals surface area (Å²) in [5, 5.41) is 4.63. The van der Waals surface area contributed by atoms with Gasteiger partial charge in [-0.15, -0.1) is 11.3 Å². The Morgan fingerprint density at radius 1 is 1.11 bits per heavy atom. The average molecular weight is 404 g/mol. The van der Waals surface area contributed by atoms with Gasteiger partial charge in [0.05, 0.1) is 11.5 Å². The number of ketones is 1. The molecule has 0 saturated heterocycles. The fourth-order valence-corrected chi connectivity index (χ4v) is 6.80. The van der Waals surface area contributed by atoms with Crippen LogP contribution in [-0.4, -0.2) is 30.8 Å². The van der Waals surface area contributed by atoms with Gasteiger partial charge in [-0.05, 0) is 79.6 Å².